The van der Waals surface area contributed by atoms with Crippen LogP contribution in [-0.2, 0) is 6.42 Å². The second kappa shape index (κ2) is 5.31. The first-order valence-corrected chi connectivity index (χ1v) is 8.31. The van der Waals surface area contributed by atoms with Gasteiger partial charge in [-0.3, -0.25) is 0 Å². The number of aromatic hydroxyl groups is 1. The van der Waals surface area contributed by atoms with E-state index in [0.29, 0.717) is 17.6 Å². The summed E-state index contributed by atoms with van der Waals surface area (Å²) in [5.41, 5.74) is 5.74. The molecule has 2 aromatic rings. The summed E-state index contributed by atoms with van der Waals surface area (Å²) in [6.07, 6.45) is 7.08. The average molecular weight is 290 g/mol. The quantitative estimate of drug-likeness (QED) is 0.800. The number of hydrogen-bond acceptors (Lipinski definition) is 1. The van der Waals surface area contributed by atoms with Crippen molar-refractivity contribution in [2.45, 2.75) is 37.5 Å². The van der Waals surface area contributed by atoms with Gasteiger partial charge in [-0.05, 0) is 71.4 Å². The van der Waals surface area contributed by atoms with Gasteiger partial charge in [-0.2, -0.15) is 0 Å². The average Bonchev–Trinajstić information content (AvgIpc) is 3.04. The third-order valence-electron chi connectivity index (χ3n) is 5.70. The van der Waals surface area contributed by atoms with Crippen LogP contribution < -0.4 is 0 Å². The van der Waals surface area contributed by atoms with Crippen LogP contribution >= 0.6 is 0 Å². The van der Waals surface area contributed by atoms with Crippen LogP contribution in [0.25, 0.3) is 6.08 Å². The molecule has 112 valence electrons. The number of hydrogen-bond donors (Lipinski definition) is 1. The number of fused-ring (bicyclic) bond motifs is 3. The van der Waals surface area contributed by atoms with E-state index in [9.17, 15) is 5.11 Å². The zero-order chi connectivity index (χ0) is 15.1. The molecule has 0 bridgehead atoms. The summed E-state index contributed by atoms with van der Waals surface area (Å²) >= 11 is 0. The fourth-order valence-electron chi connectivity index (χ4n) is 4.71. The molecular weight excluding hydrogens is 268 g/mol. The van der Waals surface area contributed by atoms with Crippen molar-refractivity contribution in [3.05, 3.63) is 71.3 Å². The molecule has 1 heteroatoms. The van der Waals surface area contributed by atoms with Crippen LogP contribution in [0.3, 0.4) is 0 Å². The molecule has 1 fully saturated rings. The zero-order valence-corrected chi connectivity index (χ0v) is 12.8. The molecule has 3 unspecified atom stereocenters. The van der Waals surface area contributed by atoms with E-state index in [1.165, 1.54) is 36.0 Å². The van der Waals surface area contributed by atoms with Crippen LogP contribution in [0.15, 0.2) is 49.0 Å². The second-order valence-corrected chi connectivity index (χ2v) is 6.72. The Kier molecular flexibility index (Phi) is 3.29. The maximum atomic E-state index is 9.57. The number of phenols is 1. The Labute approximate surface area is 132 Å². The predicted molar refractivity (Wildman–Crippen MR) is 91.2 cm³/mol. The largest absolute Gasteiger partial charge is 0.508 e. The lowest BCUT2D eigenvalue weighted by molar-refractivity contribution is 0.364. The summed E-state index contributed by atoms with van der Waals surface area (Å²) in [5.74, 6) is 2.37. The molecule has 0 spiro atoms. The summed E-state index contributed by atoms with van der Waals surface area (Å²) in [6, 6.07) is 14.6. The molecule has 4 rings (SSSR count). The Morgan fingerprint density at radius 2 is 1.82 bits per heavy atom. The molecule has 0 aromatic heterocycles. The molecule has 0 saturated heterocycles. The minimum absolute atomic E-state index is 0.356. The monoisotopic (exact) mass is 290 g/mol. The van der Waals surface area contributed by atoms with Crippen molar-refractivity contribution in [2.75, 3.05) is 0 Å². The van der Waals surface area contributed by atoms with Gasteiger partial charge in [0, 0.05) is 0 Å². The number of rotatable bonds is 2. The van der Waals surface area contributed by atoms with Crippen LogP contribution in [0.5, 0.6) is 5.75 Å². The lowest BCUT2D eigenvalue weighted by Gasteiger charge is -2.37. The molecule has 1 saturated carbocycles. The molecule has 0 amide bonds. The first-order valence-electron chi connectivity index (χ1n) is 8.31. The number of benzene rings is 2. The molecule has 2 aliphatic carbocycles. The standard InChI is InChI=1S/C21H22O/c1-2-14-5-3-6-18-17-7-4-8-19(17)21(13-20(14)18)15-9-11-16(22)12-10-15/h2-3,5-6,9-12,17,19,21-22H,1,4,7-8,13H2. The highest BCUT2D eigenvalue weighted by atomic mass is 16.3. The normalized spacial score (nSPS) is 26.3. The van der Waals surface area contributed by atoms with Gasteiger partial charge in [0.15, 0.2) is 0 Å². The van der Waals surface area contributed by atoms with Crippen molar-refractivity contribution in [1.29, 1.82) is 0 Å². The third kappa shape index (κ3) is 2.08. The highest BCUT2D eigenvalue weighted by Gasteiger charge is 2.40. The van der Waals surface area contributed by atoms with Gasteiger partial charge in [-0.15, -0.1) is 0 Å². The maximum Gasteiger partial charge on any atom is 0.115 e. The van der Waals surface area contributed by atoms with Gasteiger partial charge in [0.1, 0.15) is 5.75 Å². The Morgan fingerprint density at radius 1 is 1.00 bits per heavy atom. The van der Waals surface area contributed by atoms with Gasteiger partial charge in [-0.1, -0.05) is 49.4 Å². The van der Waals surface area contributed by atoms with Gasteiger partial charge in [0.05, 0.1) is 0 Å². The summed E-state index contributed by atoms with van der Waals surface area (Å²) in [7, 11) is 0. The topological polar surface area (TPSA) is 20.2 Å². The van der Waals surface area contributed by atoms with E-state index in [-0.39, 0.29) is 0 Å². The summed E-state index contributed by atoms with van der Waals surface area (Å²) in [6.45, 7) is 4.00. The predicted octanol–water partition coefficient (Wildman–Crippen LogP) is 5.26. The van der Waals surface area contributed by atoms with Gasteiger partial charge < -0.3 is 5.11 Å². The van der Waals surface area contributed by atoms with E-state index in [1.54, 1.807) is 5.56 Å². The van der Waals surface area contributed by atoms with E-state index in [0.717, 1.165) is 12.3 Å². The minimum Gasteiger partial charge on any atom is -0.508 e. The molecule has 1 nitrogen and oxygen atoms in total. The SMILES string of the molecule is C=Cc1cccc2c1CC(c1ccc(O)cc1)C1CCCC21. The van der Waals surface area contributed by atoms with E-state index < -0.39 is 0 Å². The lowest BCUT2D eigenvalue weighted by Crippen LogP contribution is -2.25. The highest BCUT2D eigenvalue weighted by molar-refractivity contribution is 5.57. The summed E-state index contributed by atoms with van der Waals surface area (Å²) < 4.78 is 0. The maximum absolute atomic E-state index is 9.57. The van der Waals surface area contributed by atoms with E-state index in [2.05, 4.69) is 36.9 Å². The van der Waals surface area contributed by atoms with Crippen molar-refractivity contribution in [3.63, 3.8) is 0 Å². The molecule has 22 heavy (non-hydrogen) atoms. The van der Waals surface area contributed by atoms with Crippen LogP contribution in [0.4, 0.5) is 0 Å². The first kappa shape index (κ1) is 13.6. The third-order valence-corrected chi connectivity index (χ3v) is 5.70. The summed E-state index contributed by atoms with van der Waals surface area (Å²) in [4.78, 5) is 0. The Morgan fingerprint density at radius 3 is 2.59 bits per heavy atom. The highest BCUT2D eigenvalue weighted by Crippen LogP contribution is 2.53. The van der Waals surface area contributed by atoms with Gasteiger partial charge in [0.2, 0.25) is 0 Å². The van der Waals surface area contributed by atoms with Gasteiger partial charge in [-0.25, -0.2) is 0 Å². The molecule has 0 aliphatic heterocycles. The van der Waals surface area contributed by atoms with Crippen LogP contribution in [0.1, 0.15) is 53.4 Å². The Bertz CT molecular complexity index is 698. The van der Waals surface area contributed by atoms with E-state index >= 15 is 0 Å². The molecule has 1 N–H and O–H groups in total. The molecular formula is C21H22O. The van der Waals surface area contributed by atoms with Crippen molar-refractivity contribution < 1.29 is 5.11 Å². The zero-order valence-electron chi connectivity index (χ0n) is 12.8. The lowest BCUT2D eigenvalue weighted by atomic mass is 9.67. The fourth-order valence-corrected chi connectivity index (χ4v) is 4.71. The Hall–Kier alpha value is -2.02. The minimum atomic E-state index is 0.356. The van der Waals surface area contributed by atoms with E-state index in [1.807, 2.05) is 18.2 Å². The van der Waals surface area contributed by atoms with Crippen LogP contribution in [0.2, 0.25) is 0 Å². The molecule has 0 radical (unpaired) electrons. The number of phenolic OH excluding ortho intramolecular Hbond substituents is 1. The smallest absolute Gasteiger partial charge is 0.115 e. The second-order valence-electron chi connectivity index (χ2n) is 6.72. The fraction of sp³-hybridized carbons (Fsp3) is 0.333. The first-order chi connectivity index (χ1) is 10.8. The van der Waals surface area contributed by atoms with Gasteiger partial charge >= 0.3 is 0 Å². The van der Waals surface area contributed by atoms with Crippen LogP contribution in [0, 0.1) is 5.92 Å². The van der Waals surface area contributed by atoms with Crippen molar-refractivity contribution >= 4 is 6.08 Å². The summed E-state index contributed by atoms with van der Waals surface area (Å²) in [5, 5.41) is 9.57. The molecule has 0 heterocycles. The molecule has 3 atom stereocenters. The molecule has 2 aromatic carbocycles. The van der Waals surface area contributed by atoms with Crippen molar-refractivity contribution in [2.24, 2.45) is 5.92 Å². The van der Waals surface area contributed by atoms with Crippen molar-refractivity contribution in [1.82, 2.24) is 0 Å². The Balaban J connectivity index is 1.81. The molecule has 2 aliphatic rings. The van der Waals surface area contributed by atoms with Crippen LogP contribution in [-0.4, -0.2) is 5.11 Å². The van der Waals surface area contributed by atoms with Crippen molar-refractivity contribution in [3.8, 4) is 5.75 Å². The van der Waals surface area contributed by atoms with E-state index in [4.69, 9.17) is 0 Å². The van der Waals surface area contributed by atoms with Gasteiger partial charge in [0.25, 0.3) is 0 Å².